The van der Waals surface area contributed by atoms with Crippen LogP contribution in [0.15, 0.2) is 0 Å². The number of hydrogen-bond donors (Lipinski definition) is 1. The van der Waals surface area contributed by atoms with Gasteiger partial charge in [0.25, 0.3) is 0 Å². The molecule has 0 spiro atoms. The van der Waals surface area contributed by atoms with Crippen molar-refractivity contribution in [3.05, 3.63) is 0 Å². The molecule has 3 nitrogen and oxygen atoms in total. The Morgan fingerprint density at radius 1 is 1.44 bits per heavy atom. The van der Waals surface area contributed by atoms with E-state index in [2.05, 4.69) is 4.74 Å². The van der Waals surface area contributed by atoms with Crippen molar-refractivity contribution < 1.29 is 22.7 Å². The van der Waals surface area contributed by atoms with Crippen molar-refractivity contribution in [3.63, 3.8) is 0 Å². The summed E-state index contributed by atoms with van der Waals surface area (Å²) < 4.78 is 41.6. The molecule has 16 heavy (non-hydrogen) atoms. The van der Waals surface area contributed by atoms with Crippen LogP contribution in [0.5, 0.6) is 0 Å². The summed E-state index contributed by atoms with van der Waals surface area (Å²) in [6.45, 7) is 0. The molecule has 94 valence electrons. The fraction of sp³-hybridized carbons (Fsp3) is 0.900. The molecule has 2 N–H and O–H groups in total. The molecule has 6 heteroatoms. The number of ether oxygens (including phenoxy) is 1. The summed E-state index contributed by atoms with van der Waals surface area (Å²) in [6, 6.07) is 0. The molecular weight excluding hydrogens is 223 g/mol. The van der Waals surface area contributed by atoms with Crippen LogP contribution in [0.1, 0.15) is 32.1 Å². The molecule has 1 fully saturated rings. The van der Waals surface area contributed by atoms with Gasteiger partial charge in [-0.2, -0.15) is 13.2 Å². The summed E-state index contributed by atoms with van der Waals surface area (Å²) in [6.07, 6.45) is -3.73. The molecule has 0 aromatic heterocycles. The average Bonchev–Trinajstić information content (AvgIpc) is 2.16. The Morgan fingerprint density at radius 3 is 2.31 bits per heavy atom. The number of halogens is 3. The number of hydrogen-bond acceptors (Lipinski definition) is 3. The van der Waals surface area contributed by atoms with E-state index >= 15 is 0 Å². The maximum atomic E-state index is 12.4. The van der Waals surface area contributed by atoms with Crippen molar-refractivity contribution in [1.82, 2.24) is 0 Å². The molecule has 1 saturated carbocycles. The minimum Gasteiger partial charge on any atom is -0.469 e. The van der Waals surface area contributed by atoms with E-state index < -0.39 is 23.6 Å². The molecule has 0 aromatic rings. The van der Waals surface area contributed by atoms with Gasteiger partial charge >= 0.3 is 12.1 Å². The highest BCUT2D eigenvalue weighted by molar-refractivity contribution is 5.70. The lowest BCUT2D eigenvalue weighted by Gasteiger charge is -2.36. The fourth-order valence-electron chi connectivity index (χ4n) is 2.06. The van der Waals surface area contributed by atoms with E-state index in [0.29, 0.717) is 0 Å². The Labute approximate surface area is 92.1 Å². The van der Waals surface area contributed by atoms with Gasteiger partial charge in [-0.1, -0.05) is 0 Å². The molecule has 0 amide bonds. The SMILES string of the molecule is COC(=O)CC1(N)CCC(C(F)(F)F)CC1. The van der Waals surface area contributed by atoms with Crippen molar-refractivity contribution in [1.29, 1.82) is 0 Å². The first kappa shape index (κ1) is 13.3. The van der Waals surface area contributed by atoms with Crippen LogP contribution in [0.3, 0.4) is 0 Å². The van der Waals surface area contributed by atoms with E-state index in [9.17, 15) is 18.0 Å². The van der Waals surface area contributed by atoms with Crippen LogP contribution in [0.25, 0.3) is 0 Å². The molecule has 0 aliphatic heterocycles. The number of rotatable bonds is 2. The van der Waals surface area contributed by atoms with Crippen molar-refractivity contribution in [2.75, 3.05) is 7.11 Å². The molecule has 0 radical (unpaired) electrons. The monoisotopic (exact) mass is 239 g/mol. The quantitative estimate of drug-likeness (QED) is 0.750. The largest absolute Gasteiger partial charge is 0.469 e. The summed E-state index contributed by atoms with van der Waals surface area (Å²) in [5.74, 6) is -1.74. The Bertz CT molecular complexity index is 257. The maximum Gasteiger partial charge on any atom is 0.391 e. The van der Waals surface area contributed by atoms with Gasteiger partial charge in [-0.25, -0.2) is 0 Å². The Morgan fingerprint density at radius 2 is 1.94 bits per heavy atom. The number of carbonyl (C=O) groups excluding carboxylic acids is 1. The first-order chi connectivity index (χ1) is 7.27. The van der Waals surface area contributed by atoms with Gasteiger partial charge in [-0.3, -0.25) is 4.79 Å². The standard InChI is InChI=1S/C10H16F3NO2/c1-16-8(15)6-9(14)4-2-7(3-5-9)10(11,12)13/h7H,2-6,14H2,1H3. The first-order valence-corrected chi connectivity index (χ1v) is 5.19. The number of methoxy groups -OCH3 is 1. The van der Waals surface area contributed by atoms with Gasteiger partial charge < -0.3 is 10.5 Å². The van der Waals surface area contributed by atoms with Gasteiger partial charge in [0.2, 0.25) is 0 Å². The maximum absolute atomic E-state index is 12.4. The lowest BCUT2D eigenvalue weighted by Crippen LogP contribution is -2.47. The van der Waals surface area contributed by atoms with E-state index in [1.54, 1.807) is 0 Å². The zero-order valence-corrected chi connectivity index (χ0v) is 9.14. The Balaban J connectivity index is 2.50. The minimum atomic E-state index is -4.15. The molecule has 0 bridgehead atoms. The molecular formula is C10H16F3NO2. The van der Waals surface area contributed by atoms with Crippen LogP contribution < -0.4 is 5.73 Å². The van der Waals surface area contributed by atoms with Crippen LogP contribution >= 0.6 is 0 Å². The molecule has 0 unspecified atom stereocenters. The topological polar surface area (TPSA) is 52.3 Å². The van der Waals surface area contributed by atoms with Crippen LogP contribution in [0, 0.1) is 5.92 Å². The Kier molecular flexibility index (Phi) is 3.83. The predicted octanol–water partition coefficient (Wildman–Crippen LogP) is 2.00. The predicted molar refractivity (Wildman–Crippen MR) is 51.6 cm³/mol. The normalized spacial score (nSPS) is 31.2. The zero-order chi connectivity index (χ0) is 12.4. The molecule has 1 rings (SSSR count). The number of carbonyl (C=O) groups is 1. The molecule has 1 aliphatic rings. The highest BCUT2D eigenvalue weighted by Gasteiger charge is 2.45. The van der Waals surface area contributed by atoms with Crippen LogP contribution in [0.4, 0.5) is 13.2 Å². The number of esters is 1. The number of nitrogens with two attached hydrogens (primary N) is 1. The van der Waals surface area contributed by atoms with E-state index in [0.717, 1.165) is 0 Å². The van der Waals surface area contributed by atoms with Crippen LogP contribution in [-0.2, 0) is 9.53 Å². The zero-order valence-electron chi connectivity index (χ0n) is 9.14. The Hall–Kier alpha value is -0.780. The smallest absolute Gasteiger partial charge is 0.391 e. The van der Waals surface area contributed by atoms with Gasteiger partial charge in [0.05, 0.1) is 19.4 Å². The van der Waals surface area contributed by atoms with E-state index in [1.165, 1.54) is 7.11 Å². The summed E-state index contributed by atoms with van der Waals surface area (Å²) in [5, 5.41) is 0. The van der Waals surface area contributed by atoms with Gasteiger partial charge in [-0.05, 0) is 25.7 Å². The third-order valence-electron chi connectivity index (χ3n) is 3.17. The van der Waals surface area contributed by atoms with Crippen molar-refractivity contribution in [3.8, 4) is 0 Å². The number of alkyl halides is 3. The summed E-state index contributed by atoms with van der Waals surface area (Å²) >= 11 is 0. The van der Waals surface area contributed by atoms with Gasteiger partial charge in [-0.15, -0.1) is 0 Å². The van der Waals surface area contributed by atoms with Crippen LogP contribution in [0.2, 0.25) is 0 Å². The molecule has 0 heterocycles. The highest BCUT2D eigenvalue weighted by atomic mass is 19.4. The van der Waals surface area contributed by atoms with Gasteiger partial charge in [0.15, 0.2) is 0 Å². The fourth-order valence-corrected chi connectivity index (χ4v) is 2.06. The molecule has 1 aliphatic carbocycles. The van der Waals surface area contributed by atoms with Crippen molar-refractivity contribution in [2.45, 2.75) is 43.8 Å². The minimum absolute atomic E-state index is 0.00298. The van der Waals surface area contributed by atoms with Gasteiger partial charge in [0.1, 0.15) is 0 Å². The van der Waals surface area contributed by atoms with E-state index in [1.807, 2.05) is 0 Å². The lowest BCUT2D eigenvalue weighted by molar-refractivity contribution is -0.185. The van der Waals surface area contributed by atoms with Gasteiger partial charge in [0, 0.05) is 5.54 Å². The third-order valence-corrected chi connectivity index (χ3v) is 3.17. The highest BCUT2D eigenvalue weighted by Crippen LogP contribution is 2.41. The van der Waals surface area contributed by atoms with Crippen LogP contribution in [-0.4, -0.2) is 24.8 Å². The van der Waals surface area contributed by atoms with Crippen molar-refractivity contribution in [2.24, 2.45) is 11.7 Å². The molecule has 0 atom stereocenters. The van der Waals surface area contributed by atoms with E-state index in [-0.39, 0.29) is 32.1 Å². The second kappa shape index (κ2) is 4.61. The summed E-state index contributed by atoms with van der Waals surface area (Å²) in [5.41, 5.74) is 5.05. The molecule has 0 saturated heterocycles. The molecule has 0 aromatic carbocycles. The van der Waals surface area contributed by atoms with E-state index in [4.69, 9.17) is 5.73 Å². The third kappa shape index (κ3) is 3.37. The summed E-state index contributed by atoms with van der Waals surface area (Å²) in [4.78, 5) is 11.0. The average molecular weight is 239 g/mol. The first-order valence-electron chi connectivity index (χ1n) is 5.19. The second-order valence-corrected chi connectivity index (χ2v) is 4.43. The van der Waals surface area contributed by atoms with Crippen molar-refractivity contribution >= 4 is 5.97 Å². The summed E-state index contributed by atoms with van der Waals surface area (Å²) in [7, 11) is 1.24. The second-order valence-electron chi connectivity index (χ2n) is 4.43. The lowest BCUT2D eigenvalue weighted by atomic mass is 9.75.